The first kappa shape index (κ1) is 10.1. The molecule has 0 aromatic carbocycles. The van der Waals surface area contributed by atoms with Gasteiger partial charge in [-0.05, 0) is 37.5 Å². The first-order chi connectivity index (χ1) is 7.18. The number of carbonyl (C=O) groups excluding carboxylic acids is 1. The van der Waals surface area contributed by atoms with Crippen molar-refractivity contribution < 1.29 is 4.79 Å². The van der Waals surface area contributed by atoms with Gasteiger partial charge >= 0.3 is 0 Å². The van der Waals surface area contributed by atoms with E-state index in [1.807, 2.05) is 24.1 Å². The molecular formula is C12H16N2O. The zero-order valence-electron chi connectivity index (χ0n) is 9.23. The molecule has 0 saturated carbocycles. The Morgan fingerprint density at radius 2 is 2.40 bits per heavy atom. The second kappa shape index (κ2) is 4.01. The Kier molecular flexibility index (Phi) is 2.71. The quantitative estimate of drug-likeness (QED) is 0.701. The molecule has 1 aliphatic heterocycles. The molecule has 3 nitrogen and oxygen atoms in total. The molecule has 80 valence electrons. The number of nitrogens with zero attached hydrogens (tertiary/aromatic N) is 2. The van der Waals surface area contributed by atoms with Gasteiger partial charge in [0.1, 0.15) is 0 Å². The number of aromatic nitrogens is 1. The maximum Gasteiger partial charge on any atom is 0.219 e. The number of carbonyl (C=O) groups is 1. The van der Waals surface area contributed by atoms with Gasteiger partial charge in [-0.2, -0.15) is 0 Å². The van der Waals surface area contributed by atoms with Gasteiger partial charge in [0, 0.05) is 25.4 Å². The first-order valence-corrected chi connectivity index (χ1v) is 5.38. The molecule has 1 unspecified atom stereocenters. The van der Waals surface area contributed by atoms with E-state index in [4.69, 9.17) is 0 Å². The molecule has 1 aliphatic rings. The van der Waals surface area contributed by atoms with Crippen LogP contribution in [0.5, 0.6) is 0 Å². The van der Waals surface area contributed by atoms with E-state index >= 15 is 0 Å². The zero-order valence-corrected chi connectivity index (χ0v) is 9.23. The van der Waals surface area contributed by atoms with Crippen LogP contribution in [-0.4, -0.2) is 22.3 Å². The van der Waals surface area contributed by atoms with Gasteiger partial charge in [-0.3, -0.25) is 9.78 Å². The molecule has 15 heavy (non-hydrogen) atoms. The molecule has 0 aliphatic carbocycles. The van der Waals surface area contributed by atoms with Crippen LogP contribution in [0, 0.1) is 6.92 Å². The molecule has 1 aromatic rings. The Bertz CT molecular complexity index is 376. The highest BCUT2D eigenvalue weighted by Gasteiger charge is 2.27. The molecule has 2 rings (SSSR count). The molecule has 1 atom stereocenters. The maximum absolute atomic E-state index is 11.4. The zero-order chi connectivity index (χ0) is 10.8. The van der Waals surface area contributed by atoms with Crippen molar-refractivity contribution in [3.8, 4) is 0 Å². The van der Waals surface area contributed by atoms with Crippen molar-refractivity contribution in [2.45, 2.75) is 32.7 Å². The molecule has 0 radical (unpaired) electrons. The molecule has 1 aromatic heterocycles. The standard InChI is InChI=1S/C12H16N2O/c1-9-8-11(5-6-13-9)12-4-3-7-14(12)10(2)15/h5-6,8,12H,3-4,7H2,1-2H3. The highest BCUT2D eigenvalue weighted by molar-refractivity contribution is 5.74. The Morgan fingerprint density at radius 1 is 1.60 bits per heavy atom. The van der Waals surface area contributed by atoms with Crippen LogP contribution in [0.25, 0.3) is 0 Å². The lowest BCUT2D eigenvalue weighted by molar-refractivity contribution is -0.129. The summed E-state index contributed by atoms with van der Waals surface area (Å²) in [6.45, 7) is 4.52. The number of hydrogen-bond donors (Lipinski definition) is 0. The van der Waals surface area contributed by atoms with E-state index in [-0.39, 0.29) is 11.9 Å². The van der Waals surface area contributed by atoms with Gasteiger partial charge in [0.05, 0.1) is 6.04 Å². The number of pyridine rings is 1. The second-order valence-electron chi connectivity index (χ2n) is 4.10. The van der Waals surface area contributed by atoms with Crippen LogP contribution < -0.4 is 0 Å². The van der Waals surface area contributed by atoms with Crippen molar-refractivity contribution in [1.82, 2.24) is 9.88 Å². The molecule has 3 heteroatoms. The number of rotatable bonds is 1. The van der Waals surface area contributed by atoms with Crippen LogP contribution in [0.15, 0.2) is 18.3 Å². The van der Waals surface area contributed by atoms with E-state index in [2.05, 4.69) is 11.1 Å². The van der Waals surface area contributed by atoms with Crippen LogP contribution in [0.3, 0.4) is 0 Å². The summed E-state index contributed by atoms with van der Waals surface area (Å²) in [4.78, 5) is 17.6. The van der Waals surface area contributed by atoms with Crippen LogP contribution in [0.1, 0.15) is 37.1 Å². The lowest BCUT2D eigenvalue weighted by Gasteiger charge is -2.23. The summed E-state index contributed by atoms with van der Waals surface area (Å²) in [7, 11) is 0. The first-order valence-electron chi connectivity index (χ1n) is 5.38. The molecule has 1 fully saturated rings. The van der Waals surface area contributed by atoms with Crippen molar-refractivity contribution in [3.05, 3.63) is 29.6 Å². The van der Waals surface area contributed by atoms with E-state index in [9.17, 15) is 4.79 Å². The third kappa shape index (κ3) is 2.01. The summed E-state index contributed by atoms with van der Waals surface area (Å²) >= 11 is 0. The van der Waals surface area contributed by atoms with Gasteiger partial charge < -0.3 is 4.90 Å². The van der Waals surface area contributed by atoms with Crippen LogP contribution in [-0.2, 0) is 4.79 Å². The van der Waals surface area contributed by atoms with Crippen molar-refractivity contribution in [2.75, 3.05) is 6.54 Å². The van der Waals surface area contributed by atoms with Gasteiger partial charge in [0.25, 0.3) is 0 Å². The predicted octanol–water partition coefficient (Wildman–Crippen LogP) is 2.07. The second-order valence-corrected chi connectivity index (χ2v) is 4.10. The monoisotopic (exact) mass is 204 g/mol. The van der Waals surface area contributed by atoms with Gasteiger partial charge in [-0.15, -0.1) is 0 Å². The topological polar surface area (TPSA) is 33.2 Å². The van der Waals surface area contributed by atoms with Crippen LogP contribution in [0.2, 0.25) is 0 Å². The molecule has 0 spiro atoms. The smallest absolute Gasteiger partial charge is 0.219 e. The van der Waals surface area contributed by atoms with Gasteiger partial charge in [-0.25, -0.2) is 0 Å². The lowest BCUT2D eigenvalue weighted by atomic mass is 10.1. The fourth-order valence-corrected chi connectivity index (χ4v) is 2.26. The third-order valence-electron chi connectivity index (χ3n) is 2.96. The number of likely N-dealkylation sites (tertiary alicyclic amines) is 1. The Hall–Kier alpha value is -1.38. The van der Waals surface area contributed by atoms with E-state index in [0.717, 1.165) is 25.1 Å². The van der Waals surface area contributed by atoms with Crippen LogP contribution in [0.4, 0.5) is 0 Å². The third-order valence-corrected chi connectivity index (χ3v) is 2.96. The normalized spacial score (nSPS) is 20.7. The summed E-state index contributed by atoms with van der Waals surface area (Å²) in [6, 6.07) is 4.36. The number of hydrogen-bond acceptors (Lipinski definition) is 2. The van der Waals surface area contributed by atoms with E-state index < -0.39 is 0 Å². The maximum atomic E-state index is 11.4. The van der Waals surface area contributed by atoms with E-state index in [1.165, 1.54) is 5.56 Å². The van der Waals surface area contributed by atoms with Crippen LogP contribution >= 0.6 is 0 Å². The molecule has 1 amide bonds. The molecular weight excluding hydrogens is 188 g/mol. The van der Waals surface area contributed by atoms with E-state index in [0.29, 0.717) is 0 Å². The number of aryl methyl sites for hydroxylation is 1. The highest BCUT2D eigenvalue weighted by Crippen LogP contribution is 2.31. The van der Waals surface area contributed by atoms with Crippen molar-refractivity contribution >= 4 is 5.91 Å². The van der Waals surface area contributed by atoms with Gasteiger partial charge in [-0.1, -0.05) is 0 Å². The summed E-state index contributed by atoms with van der Waals surface area (Å²) < 4.78 is 0. The van der Waals surface area contributed by atoms with E-state index in [1.54, 1.807) is 6.92 Å². The molecule has 2 heterocycles. The minimum atomic E-state index is 0.173. The van der Waals surface area contributed by atoms with Crippen molar-refractivity contribution in [1.29, 1.82) is 0 Å². The predicted molar refractivity (Wildman–Crippen MR) is 58.3 cm³/mol. The largest absolute Gasteiger partial charge is 0.336 e. The Balaban J connectivity index is 2.26. The fourth-order valence-electron chi connectivity index (χ4n) is 2.26. The Morgan fingerprint density at radius 3 is 3.07 bits per heavy atom. The summed E-state index contributed by atoms with van der Waals surface area (Å²) in [6.07, 6.45) is 4.00. The summed E-state index contributed by atoms with van der Waals surface area (Å²) in [5, 5.41) is 0. The van der Waals surface area contributed by atoms with Gasteiger partial charge in [0.15, 0.2) is 0 Å². The molecule has 1 saturated heterocycles. The average Bonchev–Trinajstić information content (AvgIpc) is 2.65. The molecule has 0 N–H and O–H groups in total. The molecule has 0 bridgehead atoms. The lowest BCUT2D eigenvalue weighted by Crippen LogP contribution is -2.28. The average molecular weight is 204 g/mol. The van der Waals surface area contributed by atoms with Crippen molar-refractivity contribution in [2.24, 2.45) is 0 Å². The minimum absolute atomic E-state index is 0.173. The number of amides is 1. The summed E-state index contributed by atoms with van der Waals surface area (Å²) in [5.41, 5.74) is 2.23. The van der Waals surface area contributed by atoms with Gasteiger partial charge in [0.2, 0.25) is 5.91 Å². The SMILES string of the molecule is CC(=O)N1CCCC1c1ccnc(C)c1. The Labute approximate surface area is 90.1 Å². The summed E-state index contributed by atoms with van der Waals surface area (Å²) in [5.74, 6) is 0.173. The minimum Gasteiger partial charge on any atom is -0.336 e. The van der Waals surface area contributed by atoms with Crippen molar-refractivity contribution in [3.63, 3.8) is 0 Å². The fraction of sp³-hybridized carbons (Fsp3) is 0.500. The highest BCUT2D eigenvalue weighted by atomic mass is 16.2.